The van der Waals surface area contributed by atoms with Crippen molar-refractivity contribution in [2.45, 2.75) is 0 Å². The van der Waals surface area contributed by atoms with Gasteiger partial charge < -0.3 is 9.47 Å². The molecule has 3 aromatic heterocycles. The third-order valence-electron chi connectivity index (χ3n) is 11.9. The topological polar surface area (TPSA) is 30.4 Å². The lowest BCUT2D eigenvalue weighted by atomic mass is 10.0. The molecule has 0 radical (unpaired) electrons. The van der Waals surface area contributed by atoms with Crippen LogP contribution in [0, 0.1) is 0 Å². The molecule has 0 saturated carbocycles. The van der Waals surface area contributed by atoms with E-state index in [0.29, 0.717) is 0 Å². The number of aromatic nitrogens is 4. The number of hydrogen-bond donors (Lipinski definition) is 0. The molecule has 9 aromatic carbocycles. The number of hydrogen-bond acceptors (Lipinski definition) is 2. The third kappa shape index (κ3) is 5.37. The quantitative estimate of drug-likeness (QED) is 0.162. The van der Waals surface area contributed by atoms with Crippen molar-refractivity contribution in [3.8, 4) is 33.6 Å². The van der Waals surface area contributed by atoms with E-state index in [1.165, 1.54) is 32.9 Å². The molecule has 3 heterocycles. The Hall–Kier alpha value is -8.15. The number of nitrogens with zero attached hydrogens (tertiary/aromatic N) is 5. The molecule has 12 rings (SSSR count). The number of imidazole rings is 2. The van der Waals surface area contributed by atoms with E-state index < -0.39 is 0 Å². The summed E-state index contributed by atoms with van der Waals surface area (Å²) in [5.74, 6) is 0.910. The predicted octanol–water partition coefficient (Wildman–Crippen LogP) is 14.3. The molecule has 0 aliphatic rings. The second-order valence-electron chi connectivity index (χ2n) is 15.3. The molecule has 5 heteroatoms. The lowest BCUT2D eigenvalue weighted by Crippen LogP contribution is -2.13. The zero-order valence-corrected chi connectivity index (χ0v) is 32.6. The standard InChI is InChI=1S/C55H37N5/c1-2-14-38(15-3-1)39-26-32-42(33-27-39)57(51-22-10-12-24-53(51)59-48-19-7-4-16-45(48)46-17-5-8-20-49(46)59)43-34-28-40(29-35-43)41-30-36-44(37-31-41)58-52-23-11-13-25-54(52)60-50-21-9-6-18-47(50)56-55(58)60/h1-37H. The van der Waals surface area contributed by atoms with Gasteiger partial charge in [-0.05, 0) is 107 Å². The summed E-state index contributed by atoms with van der Waals surface area (Å²) < 4.78 is 6.94. The van der Waals surface area contributed by atoms with E-state index in [-0.39, 0.29) is 0 Å². The van der Waals surface area contributed by atoms with Gasteiger partial charge in [0.2, 0.25) is 5.78 Å². The Morgan fingerprint density at radius 1 is 0.333 bits per heavy atom. The fourth-order valence-corrected chi connectivity index (χ4v) is 9.10. The normalized spacial score (nSPS) is 11.7. The first-order chi connectivity index (χ1) is 29.8. The minimum absolute atomic E-state index is 0.910. The van der Waals surface area contributed by atoms with Crippen molar-refractivity contribution in [3.05, 3.63) is 224 Å². The maximum absolute atomic E-state index is 5.08. The largest absolute Gasteiger partial charge is 0.308 e. The van der Waals surface area contributed by atoms with E-state index in [1.54, 1.807) is 0 Å². The van der Waals surface area contributed by atoms with Crippen LogP contribution in [0.2, 0.25) is 0 Å². The first kappa shape index (κ1) is 33.9. The highest BCUT2D eigenvalue weighted by Crippen LogP contribution is 2.42. The Bertz CT molecular complexity index is 3470. The molecule has 5 nitrogen and oxygen atoms in total. The molecule has 0 N–H and O–H groups in total. The Kier molecular flexibility index (Phi) is 7.78. The summed E-state index contributed by atoms with van der Waals surface area (Å²) in [7, 11) is 0. The molecule has 0 unspecified atom stereocenters. The predicted molar refractivity (Wildman–Crippen MR) is 249 cm³/mol. The van der Waals surface area contributed by atoms with Gasteiger partial charge in [-0.15, -0.1) is 0 Å². The molecule has 0 amide bonds. The molecule has 282 valence electrons. The lowest BCUT2D eigenvalue weighted by Gasteiger charge is -2.28. The fraction of sp³-hybridized carbons (Fsp3) is 0. The van der Waals surface area contributed by atoms with E-state index in [2.05, 4.69) is 237 Å². The molecule has 0 bridgehead atoms. The van der Waals surface area contributed by atoms with E-state index >= 15 is 0 Å². The van der Waals surface area contributed by atoms with Gasteiger partial charge >= 0.3 is 0 Å². The van der Waals surface area contributed by atoms with Gasteiger partial charge in [0, 0.05) is 27.8 Å². The van der Waals surface area contributed by atoms with Gasteiger partial charge in [0.1, 0.15) is 0 Å². The number of para-hydroxylation sites is 8. The first-order valence-electron chi connectivity index (χ1n) is 20.4. The molecular weight excluding hydrogens is 731 g/mol. The van der Waals surface area contributed by atoms with Crippen LogP contribution < -0.4 is 4.90 Å². The monoisotopic (exact) mass is 767 g/mol. The maximum atomic E-state index is 5.08. The molecule has 0 saturated heterocycles. The molecule has 0 aliphatic heterocycles. The van der Waals surface area contributed by atoms with Gasteiger partial charge in [-0.2, -0.15) is 0 Å². The number of benzene rings is 9. The summed E-state index contributed by atoms with van der Waals surface area (Å²) in [6.07, 6.45) is 0. The van der Waals surface area contributed by atoms with Crippen molar-refractivity contribution >= 4 is 66.7 Å². The van der Waals surface area contributed by atoms with Crippen LogP contribution >= 0.6 is 0 Å². The van der Waals surface area contributed by atoms with Gasteiger partial charge in [0.25, 0.3) is 0 Å². The zero-order chi connectivity index (χ0) is 39.6. The summed E-state index contributed by atoms with van der Waals surface area (Å²) >= 11 is 0. The van der Waals surface area contributed by atoms with Gasteiger partial charge in [-0.1, -0.05) is 140 Å². The Labute approximate surface area is 346 Å². The van der Waals surface area contributed by atoms with E-state index in [4.69, 9.17) is 4.98 Å². The molecular formula is C55H37N5. The maximum Gasteiger partial charge on any atom is 0.220 e. The van der Waals surface area contributed by atoms with Crippen molar-refractivity contribution < 1.29 is 0 Å². The Morgan fingerprint density at radius 2 is 0.800 bits per heavy atom. The summed E-state index contributed by atoms with van der Waals surface area (Å²) in [5, 5.41) is 2.48. The SMILES string of the molecule is c1ccc(-c2ccc(N(c3ccc(-c4ccc(-n5c6ccccc6n6c7ccccc7nc56)cc4)cc3)c3ccccc3-n3c4ccccc4c4ccccc43)cc2)cc1. The summed E-state index contributed by atoms with van der Waals surface area (Å²) in [4.78, 5) is 7.46. The Balaban J connectivity index is 0.963. The minimum atomic E-state index is 0.910. The average molecular weight is 768 g/mol. The van der Waals surface area contributed by atoms with Crippen LogP contribution in [-0.4, -0.2) is 18.5 Å². The molecule has 0 spiro atoms. The second kappa shape index (κ2) is 13.8. The highest BCUT2D eigenvalue weighted by atomic mass is 15.2. The lowest BCUT2D eigenvalue weighted by molar-refractivity contribution is 1.11. The van der Waals surface area contributed by atoms with Crippen LogP contribution in [0.3, 0.4) is 0 Å². The van der Waals surface area contributed by atoms with Crippen LogP contribution in [-0.2, 0) is 0 Å². The van der Waals surface area contributed by atoms with Crippen LogP contribution in [0.5, 0.6) is 0 Å². The van der Waals surface area contributed by atoms with Crippen molar-refractivity contribution in [1.29, 1.82) is 0 Å². The fourth-order valence-electron chi connectivity index (χ4n) is 9.10. The number of fused-ring (bicyclic) bond motifs is 8. The molecule has 60 heavy (non-hydrogen) atoms. The molecule has 0 aliphatic carbocycles. The molecule has 0 fully saturated rings. The number of anilines is 3. The first-order valence-corrected chi connectivity index (χ1v) is 20.4. The minimum Gasteiger partial charge on any atom is -0.308 e. The van der Waals surface area contributed by atoms with Gasteiger partial charge in [0.15, 0.2) is 0 Å². The van der Waals surface area contributed by atoms with Crippen molar-refractivity contribution in [2.75, 3.05) is 4.90 Å². The van der Waals surface area contributed by atoms with Crippen molar-refractivity contribution in [3.63, 3.8) is 0 Å². The second-order valence-corrected chi connectivity index (χ2v) is 15.3. The van der Waals surface area contributed by atoms with Crippen LogP contribution in [0.1, 0.15) is 0 Å². The van der Waals surface area contributed by atoms with Crippen molar-refractivity contribution in [2.24, 2.45) is 0 Å². The highest BCUT2D eigenvalue weighted by molar-refractivity contribution is 6.10. The summed E-state index contributed by atoms with van der Waals surface area (Å²) in [6, 6.07) is 80.4. The van der Waals surface area contributed by atoms with E-state index in [9.17, 15) is 0 Å². The van der Waals surface area contributed by atoms with Gasteiger partial charge in [-0.3, -0.25) is 8.97 Å². The number of rotatable bonds is 7. The smallest absolute Gasteiger partial charge is 0.220 e. The highest BCUT2D eigenvalue weighted by Gasteiger charge is 2.21. The van der Waals surface area contributed by atoms with Gasteiger partial charge in [0.05, 0.1) is 44.5 Å². The molecule has 0 atom stereocenters. The zero-order valence-electron chi connectivity index (χ0n) is 32.6. The van der Waals surface area contributed by atoms with Crippen LogP contribution in [0.4, 0.5) is 17.1 Å². The van der Waals surface area contributed by atoms with Crippen molar-refractivity contribution in [1.82, 2.24) is 18.5 Å². The third-order valence-corrected chi connectivity index (χ3v) is 11.9. The summed E-state index contributed by atoms with van der Waals surface area (Å²) in [5.41, 5.74) is 16.8. The summed E-state index contributed by atoms with van der Waals surface area (Å²) in [6.45, 7) is 0. The average Bonchev–Trinajstić information content (AvgIpc) is 3.97. The molecule has 12 aromatic rings. The van der Waals surface area contributed by atoms with Crippen LogP contribution in [0.25, 0.3) is 83.3 Å². The Morgan fingerprint density at radius 3 is 1.43 bits per heavy atom. The van der Waals surface area contributed by atoms with Crippen LogP contribution in [0.15, 0.2) is 224 Å². The van der Waals surface area contributed by atoms with E-state index in [0.717, 1.165) is 67.4 Å². The van der Waals surface area contributed by atoms with E-state index in [1.807, 2.05) is 6.07 Å². The van der Waals surface area contributed by atoms with Gasteiger partial charge in [-0.25, -0.2) is 4.98 Å².